The number of anilines is 2. The summed E-state index contributed by atoms with van der Waals surface area (Å²) in [5.74, 6) is 0.109. The Morgan fingerprint density at radius 2 is 2.00 bits per heavy atom. The molecule has 1 aliphatic heterocycles. The number of carbonyl (C=O) groups is 2. The lowest BCUT2D eigenvalue weighted by Crippen LogP contribution is -2.17. The third-order valence-corrected chi connectivity index (χ3v) is 4.54. The molecule has 0 radical (unpaired) electrons. The first-order chi connectivity index (χ1) is 14.0. The van der Waals surface area contributed by atoms with Crippen molar-refractivity contribution in [1.82, 2.24) is 0 Å². The zero-order valence-electron chi connectivity index (χ0n) is 16.1. The fraction of sp³-hybridized carbons (Fsp3) is 0.273. The molecule has 0 aromatic heterocycles. The summed E-state index contributed by atoms with van der Waals surface area (Å²) < 4.78 is 11.4. The molecule has 6 nitrogen and oxygen atoms in total. The fourth-order valence-electron chi connectivity index (χ4n) is 2.91. The molecule has 1 aliphatic rings. The summed E-state index contributed by atoms with van der Waals surface area (Å²) in [7, 11) is 0. The van der Waals surface area contributed by atoms with Crippen molar-refractivity contribution in [2.75, 3.05) is 23.8 Å². The van der Waals surface area contributed by atoms with E-state index in [4.69, 9.17) is 21.1 Å². The molecule has 2 aromatic rings. The highest BCUT2D eigenvalue weighted by atomic mass is 35.5. The van der Waals surface area contributed by atoms with Crippen LogP contribution in [0, 0.1) is 0 Å². The average molecular weight is 415 g/mol. The van der Waals surface area contributed by atoms with Crippen molar-refractivity contribution in [3.05, 3.63) is 59.1 Å². The van der Waals surface area contributed by atoms with Gasteiger partial charge in [0.15, 0.2) is 0 Å². The molecule has 0 bridgehead atoms. The quantitative estimate of drug-likeness (QED) is 0.653. The Hall–Kier alpha value is -2.83. The maximum atomic E-state index is 12.3. The predicted octanol–water partition coefficient (Wildman–Crippen LogP) is 4.51. The Balaban J connectivity index is 1.61. The number of halogens is 1. The van der Waals surface area contributed by atoms with Crippen LogP contribution in [0.2, 0.25) is 5.02 Å². The normalized spacial score (nSPS) is 16.0. The summed E-state index contributed by atoms with van der Waals surface area (Å²) in [6.07, 6.45) is 5.20. The van der Waals surface area contributed by atoms with Crippen LogP contribution in [0.1, 0.15) is 25.3 Å². The monoisotopic (exact) mass is 414 g/mol. The van der Waals surface area contributed by atoms with E-state index in [0.29, 0.717) is 28.8 Å². The third kappa shape index (κ3) is 6.62. The second kappa shape index (κ2) is 10.1. The van der Waals surface area contributed by atoms with Crippen molar-refractivity contribution in [3.63, 3.8) is 0 Å². The second-order valence-corrected chi connectivity index (χ2v) is 7.15. The van der Waals surface area contributed by atoms with Crippen molar-refractivity contribution < 1.29 is 19.1 Å². The van der Waals surface area contributed by atoms with Crippen LogP contribution in [-0.4, -0.2) is 31.1 Å². The molecule has 7 heteroatoms. The molecule has 1 fully saturated rings. The van der Waals surface area contributed by atoms with E-state index in [0.717, 1.165) is 25.0 Å². The molecule has 0 aliphatic carbocycles. The minimum absolute atomic E-state index is 0.0783. The Morgan fingerprint density at radius 3 is 2.69 bits per heavy atom. The van der Waals surface area contributed by atoms with Crippen molar-refractivity contribution in [1.29, 1.82) is 0 Å². The van der Waals surface area contributed by atoms with Gasteiger partial charge in [-0.25, -0.2) is 0 Å². The van der Waals surface area contributed by atoms with Crippen LogP contribution in [0.3, 0.4) is 0 Å². The van der Waals surface area contributed by atoms with Crippen LogP contribution >= 0.6 is 11.6 Å². The van der Waals surface area contributed by atoms with Gasteiger partial charge in [-0.1, -0.05) is 23.7 Å². The molecule has 2 amide bonds. The summed E-state index contributed by atoms with van der Waals surface area (Å²) >= 11 is 6.07. The molecule has 29 heavy (non-hydrogen) atoms. The number of amides is 2. The Bertz CT molecular complexity index is 890. The van der Waals surface area contributed by atoms with Gasteiger partial charge < -0.3 is 20.1 Å². The summed E-state index contributed by atoms with van der Waals surface area (Å²) in [6.45, 7) is 2.64. The van der Waals surface area contributed by atoms with Crippen LogP contribution in [0.15, 0.2) is 48.5 Å². The van der Waals surface area contributed by atoms with E-state index in [1.165, 1.54) is 13.0 Å². The van der Waals surface area contributed by atoms with Crippen molar-refractivity contribution in [3.8, 4) is 5.75 Å². The predicted molar refractivity (Wildman–Crippen MR) is 114 cm³/mol. The first-order valence-corrected chi connectivity index (χ1v) is 9.78. The third-order valence-electron chi connectivity index (χ3n) is 4.31. The van der Waals surface area contributed by atoms with Crippen LogP contribution in [0.5, 0.6) is 5.75 Å². The van der Waals surface area contributed by atoms with Gasteiger partial charge in [0.25, 0.3) is 0 Å². The van der Waals surface area contributed by atoms with Crippen LogP contribution in [-0.2, 0) is 14.3 Å². The number of hydrogen-bond donors (Lipinski definition) is 2. The molecule has 3 rings (SSSR count). The highest BCUT2D eigenvalue weighted by Crippen LogP contribution is 2.29. The van der Waals surface area contributed by atoms with E-state index in [1.54, 1.807) is 36.4 Å². The minimum atomic E-state index is -0.305. The van der Waals surface area contributed by atoms with Gasteiger partial charge in [0, 0.05) is 30.3 Å². The number of ether oxygens (including phenoxy) is 2. The largest absolute Gasteiger partial charge is 0.489 e. The SMILES string of the molecule is CC(=O)Nc1ccc(/C=C/C(=O)Nc2cc(Cl)ccc2OCC2CCCO2)cc1. The number of nitrogens with one attached hydrogen (secondary N) is 2. The summed E-state index contributed by atoms with van der Waals surface area (Å²) in [4.78, 5) is 23.4. The molecule has 1 heterocycles. The first-order valence-electron chi connectivity index (χ1n) is 9.40. The Kier molecular flexibility index (Phi) is 7.27. The van der Waals surface area contributed by atoms with Gasteiger partial charge in [-0.15, -0.1) is 0 Å². The van der Waals surface area contributed by atoms with E-state index >= 15 is 0 Å². The highest BCUT2D eigenvalue weighted by molar-refractivity contribution is 6.31. The topological polar surface area (TPSA) is 76.7 Å². The summed E-state index contributed by atoms with van der Waals surface area (Å²) in [6, 6.07) is 12.3. The van der Waals surface area contributed by atoms with Crippen molar-refractivity contribution in [2.24, 2.45) is 0 Å². The highest BCUT2D eigenvalue weighted by Gasteiger charge is 2.17. The zero-order chi connectivity index (χ0) is 20.6. The molecule has 1 atom stereocenters. The number of carbonyl (C=O) groups excluding carboxylic acids is 2. The van der Waals surface area contributed by atoms with Gasteiger partial charge in [0.1, 0.15) is 12.4 Å². The van der Waals surface area contributed by atoms with Crippen LogP contribution < -0.4 is 15.4 Å². The van der Waals surface area contributed by atoms with Crippen LogP contribution in [0.4, 0.5) is 11.4 Å². The number of rotatable bonds is 7. The maximum Gasteiger partial charge on any atom is 0.248 e. The van der Waals surface area contributed by atoms with Gasteiger partial charge in [-0.2, -0.15) is 0 Å². The molecular weight excluding hydrogens is 392 g/mol. The van der Waals surface area contributed by atoms with Gasteiger partial charge in [0.05, 0.1) is 11.8 Å². The molecular formula is C22H23ClN2O4. The van der Waals surface area contributed by atoms with E-state index in [2.05, 4.69) is 10.6 Å². The van der Waals surface area contributed by atoms with E-state index in [-0.39, 0.29) is 17.9 Å². The fourth-order valence-corrected chi connectivity index (χ4v) is 3.08. The molecule has 2 N–H and O–H groups in total. The lowest BCUT2D eigenvalue weighted by molar-refractivity contribution is -0.114. The van der Waals surface area contributed by atoms with Gasteiger partial charge in [-0.3, -0.25) is 9.59 Å². The van der Waals surface area contributed by atoms with Gasteiger partial charge in [0.2, 0.25) is 11.8 Å². The maximum absolute atomic E-state index is 12.3. The molecule has 0 saturated carbocycles. The van der Waals surface area contributed by atoms with E-state index in [9.17, 15) is 9.59 Å². The first kappa shape index (κ1) is 20.9. The van der Waals surface area contributed by atoms with Gasteiger partial charge >= 0.3 is 0 Å². The van der Waals surface area contributed by atoms with Crippen molar-refractivity contribution >= 4 is 40.9 Å². The smallest absolute Gasteiger partial charge is 0.248 e. The Labute approximate surface area is 174 Å². The zero-order valence-corrected chi connectivity index (χ0v) is 16.9. The van der Waals surface area contributed by atoms with Gasteiger partial charge in [-0.05, 0) is 54.8 Å². The number of benzene rings is 2. The number of hydrogen-bond acceptors (Lipinski definition) is 4. The lowest BCUT2D eigenvalue weighted by atomic mass is 10.2. The Morgan fingerprint density at radius 1 is 1.21 bits per heavy atom. The van der Waals surface area contributed by atoms with Crippen LogP contribution in [0.25, 0.3) is 6.08 Å². The lowest BCUT2D eigenvalue weighted by Gasteiger charge is -2.15. The standard InChI is InChI=1S/C22H23ClN2O4/c1-15(26)24-18-8-4-16(5-9-18)6-11-22(27)25-20-13-17(23)7-10-21(20)29-14-19-3-2-12-28-19/h4-11,13,19H,2-3,12,14H2,1H3,(H,24,26)(H,25,27)/b11-6+. The second-order valence-electron chi connectivity index (χ2n) is 6.71. The minimum Gasteiger partial charge on any atom is -0.489 e. The summed E-state index contributed by atoms with van der Waals surface area (Å²) in [5.41, 5.74) is 2.03. The average Bonchev–Trinajstić information content (AvgIpc) is 3.20. The van der Waals surface area contributed by atoms with E-state index in [1.807, 2.05) is 12.1 Å². The molecule has 0 spiro atoms. The van der Waals surface area contributed by atoms with E-state index < -0.39 is 0 Å². The molecule has 2 aromatic carbocycles. The molecule has 1 saturated heterocycles. The van der Waals surface area contributed by atoms with Crippen molar-refractivity contribution in [2.45, 2.75) is 25.9 Å². The molecule has 152 valence electrons. The molecule has 1 unspecified atom stereocenters. The summed E-state index contributed by atoms with van der Waals surface area (Å²) in [5, 5.41) is 6.00.